The number of nitrogens with one attached hydrogen (secondary N) is 2. The van der Waals surface area contributed by atoms with Crippen molar-refractivity contribution in [2.45, 2.75) is 38.5 Å². The zero-order valence-corrected chi connectivity index (χ0v) is 19.2. The first-order valence-electron chi connectivity index (χ1n) is 10.7. The Labute approximate surface area is 198 Å². The minimum atomic E-state index is -0.672. The average Bonchev–Trinajstić information content (AvgIpc) is 2.79. The molecule has 0 bridgehead atoms. The van der Waals surface area contributed by atoms with Crippen molar-refractivity contribution < 1.29 is 15.0 Å². The second-order valence-corrected chi connectivity index (χ2v) is 8.53. The quantitative estimate of drug-likeness (QED) is 0.312. The number of rotatable bonds is 10. The molecule has 1 amide bonds. The maximum Gasteiger partial charge on any atom is 0.224 e. The van der Waals surface area contributed by atoms with Crippen LogP contribution in [0.3, 0.4) is 0 Å². The average molecular weight is 469 g/mol. The molecular weight excluding hydrogens is 440 g/mol. The van der Waals surface area contributed by atoms with E-state index in [1.54, 1.807) is 30.5 Å². The summed E-state index contributed by atoms with van der Waals surface area (Å²) >= 11 is 5.95. The van der Waals surface area contributed by atoms with E-state index in [0.717, 1.165) is 17.5 Å². The van der Waals surface area contributed by atoms with E-state index >= 15 is 0 Å². The van der Waals surface area contributed by atoms with Crippen molar-refractivity contribution in [3.8, 4) is 5.75 Å². The second kappa shape index (κ2) is 11.7. The SMILES string of the molecule is C[C@H](Cc1cccc(CC(=O)NCc2cc(Cl)ccc2O)c1)NC[C@@H](O)c1ccc(N)nc1. The van der Waals surface area contributed by atoms with Crippen LogP contribution in [-0.2, 0) is 24.2 Å². The highest BCUT2D eigenvalue weighted by Crippen LogP contribution is 2.21. The largest absolute Gasteiger partial charge is 0.508 e. The number of nitrogen functional groups attached to an aromatic ring is 1. The third kappa shape index (κ3) is 7.75. The van der Waals surface area contributed by atoms with E-state index in [0.29, 0.717) is 28.5 Å². The topological polar surface area (TPSA) is 120 Å². The number of carbonyl (C=O) groups excluding carboxylic acids is 1. The van der Waals surface area contributed by atoms with Gasteiger partial charge in [-0.3, -0.25) is 4.79 Å². The predicted molar refractivity (Wildman–Crippen MR) is 130 cm³/mol. The van der Waals surface area contributed by atoms with Gasteiger partial charge in [-0.15, -0.1) is 0 Å². The lowest BCUT2D eigenvalue weighted by molar-refractivity contribution is -0.120. The summed E-state index contributed by atoms with van der Waals surface area (Å²) in [4.78, 5) is 16.4. The number of pyridine rings is 1. The number of carbonyl (C=O) groups is 1. The van der Waals surface area contributed by atoms with Crippen LogP contribution in [0.1, 0.15) is 35.3 Å². The van der Waals surface area contributed by atoms with Crippen LogP contribution in [0.25, 0.3) is 0 Å². The molecule has 3 aromatic rings. The Hall–Kier alpha value is -3.13. The molecule has 33 heavy (non-hydrogen) atoms. The van der Waals surface area contributed by atoms with Crippen LogP contribution < -0.4 is 16.4 Å². The highest BCUT2D eigenvalue weighted by atomic mass is 35.5. The molecule has 0 radical (unpaired) electrons. The zero-order chi connectivity index (χ0) is 23.8. The van der Waals surface area contributed by atoms with E-state index in [1.807, 2.05) is 31.2 Å². The Morgan fingerprint density at radius 1 is 1.15 bits per heavy atom. The van der Waals surface area contributed by atoms with Crippen LogP contribution >= 0.6 is 11.6 Å². The van der Waals surface area contributed by atoms with E-state index in [2.05, 4.69) is 15.6 Å². The molecule has 1 heterocycles. The van der Waals surface area contributed by atoms with Gasteiger partial charge in [0.15, 0.2) is 0 Å². The van der Waals surface area contributed by atoms with Crippen LogP contribution in [0.5, 0.6) is 5.75 Å². The van der Waals surface area contributed by atoms with Crippen molar-refractivity contribution in [2.24, 2.45) is 0 Å². The van der Waals surface area contributed by atoms with Gasteiger partial charge in [-0.1, -0.05) is 41.9 Å². The molecule has 3 rings (SSSR count). The molecule has 0 aliphatic carbocycles. The molecule has 0 aliphatic rings. The van der Waals surface area contributed by atoms with Gasteiger partial charge in [0, 0.05) is 41.5 Å². The molecule has 174 valence electrons. The number of nitrogens with two attached hydrogens (primary N) is 1. The van der Waals surface area contributed by atoms with Crippen molar-refractivity contribution in [1.29, 1.82) is 0 Å². The number of nitrogens with zero attached hydrogens (tertiary/aromatic N) is 1. The number of amides is 1. The maximum absolute atomic E-state index is 12.4. The summed E-state index contributed by atoms with van der Waals surface area (Å²) in [6.45, 7) is 2.65. The van der Waals surface area contributed by atoms with Crippen molar-refractivity contribution in [3.63, 3.8) is 0 Å². The molecule has 0 saturated heterocycles. The standard InChI is InChI=1S/C25H29ClN4O3/c1-16(28-15-23(32)19-5-8-24(27)29-13-19)9-17-3-2-4-18(10-17)11-25(33)30-14-20-12-21(26)6-7-22(20)31/h2-8,10,12-13,16,23,28,31-32H,9,11,14-15H2,1H3,(H2,27,29)(H,30,33)/t16-,23-/m1/s1. The van der Waals surface area contributed by atoms with Crippen molar-refractivity contribution >= 4 is 23.3 Å². The lowest BCUT2D eigenvalue weighted by Crippen LogP contribution is -2.32. The third-order valence-corrected chi connectivity index (χ3v) is 5.50. The van der Waals surface area contributed by atoms with E-state index in [4.69, 9.17) is 17.3 Å². The highest BCUT2D eigenvalue weighted by molar-refractivity contribution is 6.30. The number of benzene rings is 2. The van der Waals surface area contributed by atoms with Gasteiger partial charge in [0.1, 0.15) is 11.6 Å². The van der Waals surface area contributed by atoms with Crippen LogP contribution in [0.15, 0.2) is 60.8 Å². The number of halogens is 1. The first kappa shape index (κ1) is 24.5. The number of phenolic OH excluding ortho intramolecular Hbond substituents is 1. The highest BCUT2D eigenvalue weighted by Gasteiger charge is 2.12. The molecule has 7 nitrogen and oxygen atoms in total. The Balaban J connectivity index is 1.47. The summed E-state index contributed by atoms with van der Waals surface area (Å²) < 4.78 is 0. The van der Waals surface area contributed by atoms with E-state index < -0.39 is 6.10 Å². The van der Waals surface area contributed by atoms with Crippen LogP contribution in [-0.4, -0.2) is 33.7 Å². The fraction of sp³-hybridized carbons (Fsp3) is 0.280. The molecule has 0 unspecified atom stereocenters. The van der Waals surface area contributed by atoms with Gasteiger partial charge in [0.05, 0.1) is 12.5 Å². The third-order valence-electron chi connectivity index (χ3n) is 5.27. The molecule has 2 atom stereocenters. The smallest absolute Gasteiger partial charge is 0.224 e. The lowest BCUT2D eigenvalue weighted by Gasteiger charge is -2.18. The number of hydrogen-bond acceptors (Lipinski definition) is 6. The van der Waals surface area contributed by atoms with Gasteiger partial charge in [-0.05, 0) is 48.7 Å². The molecule has 6 N–H and O–H groups in total. The van der Waals surface area contributed by atoms with Crippen molar-refractivity contribution in [2.75, 3.05) is 12.3 Å². The van der Waals surface area contributed by atoms with Gasteiger partial charge in [0.2, 0.25) is 5.91 Å². The first-order valence-corrected chi connectivity index (χ1v) is 11.1. The minimum Gasteiger partial charge on any atom is -0.508 e. The normalized spacial score (nSPS) is 12.8. The molecular formula is C25H29ClN4O3. The number of hydrogen-bond donors (Lipinski definition) is 5. The number of aromatic hydroxyl groups is 1. The molecule has 0 fully saturated rings. The summed E-state index contributed by atoms with van der Waals surface area (Å²) in [6, 6.07) is 16.2. The maximum atomic E-state index is 12.4. The molecule has 0 aliphatic heterocycles. The van der Waals surface area contributed by atoms with E-state index in [-0.39, 0.29) is 30.7 Å². The van der Waals surface area contributed by atoms with Crippen molar-refractivity contribution in [3.05, 3.63) is 88.1 Å². The summed E-state index contributed by atoms with van der Waals surface area (Å²) in [5.74, 6) is 0.377. The summed E-state index contributed by atoms with van der Waals surface area (Å²) in [5, 5.41) is 26.8. The van der Waals surface area contributed by atoms with Crippen molar-refractivity contribution in [1.82, 2.24) is 15.6 Å². The fourth-order valence-electron chi connectivity index (χ4n) is 3.47. The molecule has 8 heteroatoms. The van der Waals surface area contributed by atoms with Crippen LogP contribution in [0.2, 0.25) is 5.02 Å². The Bertz CT molecular complexity index is 1080. The fourth-order valence-corrected chi connectivity index (χ4v) is 3.67. The van der Waals surface area contributed by atoms with Crippen LogP contribution in [0, 0.1) is 0 Å². The predicted octanol–water partition coefficient (Wildman–Crippen LogP) is 3.14. The monoisotopic (exact) mass is 468 g/mol. The number of phenols is 1. The Morgan fingerprint density at radius 2 is 1.94 bits per heavy atom. The summed E-state index contributed by atoms with van der Waals surface area (Å²) in [7, 11) is 0. The summed E-state index contributed by atoms with van der Waals surface area (Å²) in [6.07, 6.45) is 1.89. The summed E-state index contributed by atoms with van der Waals surface area (Å²) in [5.41, 5.74) is 8.86. The zero-order valence-electron chi connectivity index (χ0n) is 18.5. The Kier molecular flexibility index (Phi) is 8.65. The number of aliphatic hydroxyl groups excluding tert-OH is 1. The van der Waals surface area contributed by atoms with Crippen LogP contribution in [0.4, 0.5) is 5.82 Å². The molecule has 1 aromatic heterocycles. The second-order valence-electron chi connectivity index (χ2n) is 8.09. The molecule has 0 spiro atoms. The number of aliphatic hydroxyl groups is 1. The van der Waals surface area contributed by atoms with Gasteiger partial charge in [-0.25, -0.2) is 4.98 Å². The molecule has 2 aromatic carbocycles. The number of aromatic nitrogens is 1. The van der Waals surface area contributed by atoms with Gasteiger partial charge < -0.3 is 26.6 Å². The first-order chi connectivity index (χ1) is 15.8. The van der Waals surface area contributed by atoms with Gasteiger partial charge >= 0.3 is 0 Å². The van der Waals surface area contributed by atoms with Gasteiger partial charge in [0.25, 0.3) is 0 Å². The van der Waals surface area contributed by atoms with E-state index in [1.165, 1.54) is 6.07 Å². The molecule has 0 saturated carbocycles. The minimum absolute atomic E-state index is 0.0981. The number of anilines is 1. The van der Waals surface area contributed by atoms with E-state index in [9.17, 15) is 15.0 Å². The lowest BCUT2D eigenvalue weighted by atomic mass is 10.0. The van der Waals surface area contributed by atoms with Gasteiger partial charge in [-0.2, -0.15) is 0 Å². The Morgan fingerprint density at radius 3 is 2.70 bits per heavy atom.